The molecule has 3 atom stereocenters. The van der Waals surface area contributed by atoms with Gasteiger partial charge in [-0.15, -0.1) is 0 Å². The third-order valence-electron chi connectivity index (χ3n) is 6.41. The molecule has 2 aromatic rings. The first-order valence-electron chi connectivity index (χ1n) is 11.2. The van der Waals surface area contributed by atoms with Gasteiger partial charge in [-0.2, -0.15) is 0 Å². The van der Waals surface area contributed by atoms with E-state index in [1.807, 2.05) is 18.2 Å². The van der Waals surface area contributed by atoms with Crippen molar-refractivity contribution in [2.45, 2.75) is 43.0 Å². The van der Waals surface area contributed by atoms with Crippen LogP contribution in [0.15, 0.2) is 18.2 Å². The lowest BCUT2D eigenvalue weighted by atomic mass is 10.0. The van der Waals surface area contributed by atoms with Crippen LogP contribution in [0.2, 0.25) is 0 Å². The fourth-order valence-electron chi connectivity index (χ4n) is 4.74. The number of thiazole rings is 1. The maximum absolute atomic E-state index is 12.4. The first kappa shape index (κ1) is 22.4. The second-order valence-electron chi connectivity index (χ2n) is 8.69. The number of fused-ring (bicyclic) bond motifs is 2. The molecule has 3 fully saturated rings. The molecule has 3 N–H and O–H groups in total. The van der Waals surface area contributed by atoms with Gasteiger partial charge >= 0.3 is 6.03 Å². The van der Waals surface area contributed by atoms with Crippen molar-refractivity contribution in [3.8, 4) is 0 Å². The van der Waals surface area contributed by atoms with Crippen LogP contribution in [0, 0.1) is 0 Å². The monoisotopic (exact) mass is 493 g/mol. The Kier molecular flexibility index (Phi) is 6.14. The van der Waals surface area contributed by atoms with E-state index in [1.54, 1.807) is 11.3 Å². The zero-order valence-electron chi connectivity index (χ0n) is 18.1. The van der Waals surface area contributed by atoms with E-state index in [-0.39, 0.29) is 29.8 Å². The average molecular weight is 494 g/mol. The predicted molar refractivity (Wildman–Crippen MR) is 127 cm³/mol. The van der Waals surface area contributed by atoms with Crippen molar-refractivity contribution in [3.63, 3.8) is 0 Å². The Morgan fingerprint density at radius 3 is 2.88 bits per heavy atom. The van der Waals surface area contributed by atoms with Crippen LogP contribution in [0.4, 0.5) is 15.6 Å². The number of anilines is 2. The summed E-state index contributed by atoms with van der Waals surface area (Å²) in [6.07, 6.45) is 1.94. The molecular weight excluding hydrogens is 466 g/mol. The molecule has 1 aromatic heterocycles. The maximum Gasteiger partial charge on any atom is 0.315 e. The lowest BCUT2D eigenvalue weighted by molar-refractivity contribution is -0.116. The minimum Gasteiger partial charge on any atom is -0.378 e. The number of benzene rings is 1. The molecule has 0 aliphatic carbocycles. The molecule has 10 nitrogen and oxygen atoms in total. The van der Waals surface area contributed by atoms with Gasteiger partial charge in [0.05, 0.1) is 46.5 Å². The maximum atomic E-state index is 12.4. The molecule has 3 amide bonds. The number of unbranched alkanes of at least 4 members (excludes halogenated alkanes) is 1. The highest BCUT2D eigenvalue weighted by Gasteiger charge is 2.51. The predicted octanol–water partition coefficient (Wildman–Crippen LogP) is 1.48. The van der Waals surface area contributed by atoms with Crippen LogP contribution in [0.5, 0.6) is 0 Å². The lowest BCUT2D eigenvalue weighted by Gasteiger charge is -2.25. The van der Waals surface area contributed by atoms with Crippen LogP contribution in [0.3, 0.4) is 0 Å². The van der Waals surface area contributed by atoms with Crippen molar-refractivity contribution in [1.82, 2.24) is 15.6 Å². The van der Waals surface area contributed by atoms with Crippen molar-refractivity contribution >= 4 is 54.1 Å². The molecular formula is C21H27N5O5S2. The van der Waals surface area contributed by atoms with Gasteiger partial charge < -0.3 is 25.6 Å². The van der Waals surface area contributed by atoms with Crippen LogP contribution in [-0.2, 0) is 19.4 Å². The van der Waals surface area contributed by atoms with E-state index in [9.17, 15) is 18.0 Å². The van der Waals surface area contributed by atoms with Gasteiger partial charge in [0.25, 0.3) is 0 Å². The van der Waals surface area contributed by atoms with Crippen molar-refractivity contribution in [2.75, 3.05) is 42.3 Å². The molecule has 3 aliphatic rings. The number of rotatable bonds is 7. The van der Waals surface area contributed by atoms with Gasteiger partial charge in [-0.3, -0.25) is 4.79 Å². The van der Waals surface area contributed by atoms with Gasteiger partial charge in [-0.1, -0.05) is 17.8 Å². The topological polar surface area (TPSA) is 130 Å². The minimum absolute atomic E-state index is 0.0190. The van der Waals surface area contributed by atoms with Crippen LogP contribution in [0.1, 0.15) is 25.7 Å². The first-order valence-corrected chi connectivity index (χ1v) is 13.7. The van der Waals surface area contributed by atoms with E-state index >= 15 is 0 Å². The summed E-state index contributed by atoms with van der Waals surface area (Å²) in [6, 6.07) is 4.68. The summed E-state index contributed by atoms with van der Waals surface area (Å²) in [5.41, 5.74) is 1.63. The number of nitrogens with one attached hydrogen (secondary N) is 3. The Bertz CT molecular complexity index is 1160. The number of carbonyl (C=O) groups is 2. The Balaban J connectivity index is 1.12. The largest absolute Gasteiger partial charge is 0.378 e. The SMILES string of the molecule is O=C(CCCC[C@@H]1[C@H]2NC(=O)N[C@H]2CS1(=O)=O)Nc1ccc2nc(N3CCOCC3)sc2c1. The standard InChI is InChI=1S/C21H27N5O5S2/c27-18(4-2-1-3-17-19-15(12-33(17,29)30)23-20(28)25-19)22-13-5-6-14-16(11-13)32-21(24-14)26-7-9-31-10-8-26/h5-6,11,15,17,19H,1-4,7-10,12H2,(H,22,27)(H2,23,25,28)/t15-,17+,19-/m0/s1. The number of hydrogen-bond donors (Lipinski definition) is 3. The second kappa shape index (κ2) is 9.07. The molecule has 5 rings (SSSR count). The highest BCUT2D eigenvalue weighted by Crippen LogP contribution is 2.31. The summed E-state index contributed by atoms with van der Waals surface area (Å²) in [7, 11) is -3.24. The first-order chi connectivity index (χ1) is 15.9. The number of amides is 3. The Hall–Kier alpha value is -2.44. The van der Waals surface area contributed by atoms with Crippen molar-refractivity contribution < 1.29 is 22.7 Å². The zero-order valence-corrected chi connectivity index (χ0v) is 19.7. The number of aromatic nitrogens is 1. The van der Waals surface area contributed by atoms with Gasteiger partial charge in [-0.25, -0.2) is 18.2 Å². The second-order valence-corrected chi connectivity index (χ2v) is 12.0. The number of nitrogens with zero attached hydrogens (tertiary/aromatic N) is 2. The summed E-state index contributed by atoms with van der Waals surface area (Å²) in [6.45, 7) is 3.07. The molecule has 4 heterocycles. The highest BCUT2D eigenvalue weighted by molar-refractivity contribution is 7.92. The van der Waals surface area contributed by atoms with Gasteiger partial charge in [0.1, 0.15) is 0 Å². The summed E-state index contributed by atoms with van der Waals surface area (Å²) < 4.78 is 31.2. The number of urea groups is 1. The Morgan fingerprint density at radius 2 is 2.06 bits per heavy atom. The van der Waals surface area contributed by atoms with Gasteiger partial charge in [-0.05, 0) is 31.0 Å². The van der Waals surface area contributed by atoms with E-state index in [2.05, 4.69) is 20.9 Å². The van der Waals surface area contributed by atoms with Crippen molar-refractivity contribution in [2.24, 2.45) is 0 Å². The molecule has 3 saturated heterocycles. The van der Waals surface area contributed by atoms with E-state index in [0.717, 1.165) is 34.1 Å². The molecule has 33 heavy (non-hydrogen) atoms. The molecule has 0 saturated carbocycles. The molecule has 0 spiro atoms. The minimum atomic E-state index is -3.24. The summed E-state index contributed by atoms with van der Waals surface area (Å²) in [4.78, 5) is 30.8. The van der Waals surface area contributed by atoms with Crippen LogP contribution in [-0.4, -0.2) is 74.7 Å². The van der Waals surface area contributed by atoms with Gasteiger partial charge in [0.15, 0.2) is 15.0 Å². The quantitative estimate of drug-likeness (QED) is 0.393. The van der Waals surface area contributed by atoms with Crippen LogP contribution < -0.4 is 20.9 Å². The zero-order chi connectivity index (χ0) is 23.0. The van der Waals surface area contributed by atoms with E-state index in [1.165, 1.54) is 0 Å². The molecule has 1 aromatic carbocycles. The number of ether oxygens (including phenoxy) is 1. The molecule has 0 radical (unpaired) electrons. The Labute approximate surface area is 196 Å². The van der Waals surface area contributed by atoms with E-state index in [4.69, 9.17) is 9.72 Å². The van der Waals surface area contributed by atoms with Gasteiger partial charge in [0, 0.05) is 25.2 Å². The van der Waals surface area contributed by atoms with E-state index < -0.39 is 15.1 Å². The highest BCUT2D eigenvalue weighted by atomic mass is 32.2. The molecule has 3 aliphatic heterocycles. The number of sulfone groups is 1. The fraction of sp³-hybridized carbons (Fsp3) is 0.571. The van der Waals surface area contributed by atoms with Crippen molar-refractivity contribution in [3.05, 3.63) is 18.2 Å². The smallest absolute Gasteiger partial charge is 0.315 e. The molecule has 0 bridgehead atoms. The summed E-state index contributed by atoms with van der Waals surface area (Å²) in [5.74, 6) is -0.121. The third-order valence-corrected chi connectivity index (χ3v) is 9.76. The molecule has 178 valence electrons. The Morgan fingerprint density at radius 1 is 1.24 bits per heavy atom. The van der Waals surface area contributed by atoms with Gasteiger partial charge in [0.2, 0.25) is 5.91 Å². The van der Waals surface area contributed by atoms with E-state index in [0.29, 0.717) is 38.9 Å². The molecule has 0 unspecified atom stereocenters. The summed E-state index contributed by atoms with van der Waals surface area (Å²) in [5, 5.41) is 8.70. The van der Waals surface area contributed by atoms with Crippen LogP contribution in [0.25, 0.3) is 10.2 Å². The van der Waals surface area contributed by atoms with Crippen molar-refractivity contribution in [1.29, 1.82) is 0 Å². The normalized spacial score (nSPS) is 26.1. The lowest BCUT2D eigenvalue weighted by Crippen LogP contribution is -2.39. The molecule has 12 heteroatoms. The summed E-state index contributed by atoms with van der Waals surface area (Å²) >= 11 is 1.60. The number of carbonyl (C=O) groups excluding carboxylic acids is 2. The fourth-order valence-corrected chi connectivity index (χ4v) is 8.07. The third kappa shape index (κ3) is 4.78. The average Bonchev–Trinajstić information content (AvgIpc) is 3.42. The number of hydrogen-bond acceptors (Lipinski definition) is 8. The van der Waals surface area contributed by atoms with Crippen LogP contribution >= 0.6 is 11.3 Å². The number of morpholine rings is 1.